The lowest BCUT2D eigenvalue weighted by atomic mass is 9.84. The van der Waals surface area contributed by atoms with Crippen LogP contribution in [0, 0.1) is 6.92 Å². The van der Waals surface area contributed by atoms with Gasteiger partial charge in [-0.05, 0) is 32.3 Å². The molecule has 0 radical (unpaired) electrons. The van der Waals surface area contributed by atoms with Crippen LogP contribution in [0.2, 0.25) is 0 Å². The highest BCUT2D eigenvalue weighted by atomic mass is 16.2. The molecule has 1 saturated carbocycles. The van der Waals surface area contributed by atoms with E-state index >= 15 is 0 Å². The minimum Gasteiger partial charge on any atom is -0.335 e. The van der Waals surface area contributed by atoms with Crippen molar-refractivity contribution < 1.29 is 4.79 Å². The topological polar surface area (TPSA) is 56.0 Å². The zero-order valence-corrected chi connectivity index (χ0v) is 13.8. The van der Waals surface area contributed by atoms with Gasteiger partial charge < -0.3 is 9.47 Å². The average Bonchev–Trinajstić information content (AvgIpc) is 3.17. The largest absolute Gasteiger partial charge is 0.335 e. The molecule has 2 aromatic rings. The second kappa shape index (κ2) is 5.51. The molecule has 122 valence electrons. The molecule has 2 aliphatic rings. The Kier molecular flexibility index (Phi) is 3.47. The second-order valence-electron chi connectivity index (χ2n) is 6.79. The van der Waals surface area contributed by atoms with Crippen LogP contribution in [0.25, 0.3) is 0 Å². The van der Waals surface area contributed by atoms with Gasteiger partial charge in [-0.25, -0.2) is 4.98 Å². The fourth-order valence-electron chi connectivity index (χ4n) is 3.79. The molecule has 2 fully saturated rings. The van der Waals surface area contributed by atoms with Crippen LogP contribution in [0.1, 0.15) is 59.6 Å². The molecule has 6 heteroatoms. The smallest absolute Gasteiger partial charge is 0.272 e. The van der Waals surface area contributed by atoms with Crippen LogP contribution in [-0.2, 0) is 7.05 Å². The van der Waals surface area contributed by atoms with E-state index in [9.17, 15) is 4.79 Å². The minimum absolute atomic E-state index is 0.0791. The van der Waals surface area contributed by atoms with Gasteiger partial charge >= 0.3 is 0 Å². The molecule has 23 heavy (non-hydrogen) atoms. The van der Waals surface area contributed by atoms with Gasteiger partial charge in [0.25, 0.3) is 5.91 Å². The van der Waals surface area contributed by atoms with Crippen molar-refractivity contribution in [2.24, 2.45) is 7.05 Å². The van der Waals surface area contributed by atoms with Gasteiger partial charge in [0.2, 0.25) is 0 Å². The van der Waals surface area contributed by atoms with Crippen molar-refractivity contribution in [2.75, 3.05) is 13.1 Å². The highest BCUT2D eigenvalue weighted by molar-refractivity contribution is 5.92. The molecule has 0 spiro atoms. The number of hydrogen-bond acceptors (Lipinski definition) is 3. The van der Waals surface area contributed by atoms with Crippen molar-refractivity contribution in [2.45, 2.75) is 44.6 Å². The number of amides is 1. The van der Waals surface area contributed by atoms with Crippen molar-refractivity contribution in [1.82, 2.24) is 24.2 Å². The van der Waals surface area contributed by atoms with E-state index in [1.165, 1.54) is 30.8 Å². The number of aromatic nitrogens is 4. The monoisotopic (exact) mass is 313 g/mol. The van der Waals surface area contributed by atoms with E-state index in [4.69, 9.17) is 0 Å². The zero-order chi connectivity index (χ0) is 16.0. The SMILES string of the molecule is Cc1cnc(C2CCC2)n1C1CCN(C(=O)c2ccnn2C)C1. The Bertz CT molecular complexity index is 727. The summed E-state index contributed by atoms with van der Waals surface area (Å²) in [4.78, 5) is 19.3. The fraction of sp³-hybridized carbons (Fsp3) is 0.588. The van der Waals surface area contributed by atoms with Gasteiger partial charge in [0.1, 0.15) is 11.5 Å². The summed E-state index contributed by atoms with van der Waals surface area (Å²) >= 11 is 0. The summed E-state index contributed by atoms with van der Waals surface area (Å²) in [6, 6.07) is 2.14. The van der Waals surface area contributed by atoms with Crippen LogP contribution in [0.15, 0.2) is 18.5 Å². The maximum Gasteiger partial charge on any atom is 0.272 e. The summed E-state index contributed by atoms with van der Waals surface area (Å²) in [5.41, 5.74) is 1.87. The highest BCUT2D eigenvalue weighted by Crippen LogP contribution is 2.38. The molecule has 1 aliphatic heterocycles. The van der Waals surface area contributed by atoms with Gasteiger partial charge in [0, 0.05) is 44.1 Å². The van der Waals surface area contributed by atoms with Crippen LogP contribution in [0.3, 0.4) is 0 Å². The maximum atomic E-state index is 12.7. The Balaban J connectivity index is 1.54. The summed E-state index contributed by atoms with van der Waals surface area (Å²) in [5.74, 6) is 1.93. The summed E-state index contributed by atoms with van der Waals surface area (Å²) in [7, 11) is 1.81. The van der Waals surface area contributed by atoms with E-state index in [2.05, 4.69) is 21.6 Å². The summed E-state index contributed by atoms with van der Waals surface area (Å²) in [6.07, 6.45) is 8.48. The number of likely N-dealkylation sites (tertiary alicyclic amines) is 1. The van der Waals surface area contributed by atoms with Gasteiger partial charge in [-0.2, -0.15) is 5.10 Å². The average molecular weight is 313 g/mol. The van der Waals surface area contributed by atoms with Crippen molar-refractivity contribution >= 4 is 5.91 Å². The zero-order valence-electron chi connectivity index (χ0n) is 13.8. The fourth-order valence-corrected chi connectivity index (χ4v) is 3.79. The van der Waals surface area contributed by atoms with Gasteiger partial charge in [0.05, 0.1) is 6.04 Å². The molecule has 0 N–H and O–H groups in total. The van der Waals surface area contributed by atoms with Crippen molar-refractivity contribution in [3.8, 4) is 0 Å². The van der Waals surface area contributed by atoms with E-state index in [0.717, 1.165) is 19.5 Å². The van der Waals surface area contributed by atoms with Crippen LogP contribution >= 0.6 is 0 Å². The quantitative estimate of drug-likeness (QED) is 0.873. The number of nitrogens with zero attached hydrogens (tertiary/aromatic N) is 5. The molecule has 1 aliphatic carbocycles. The van der Waals surface area contributed by atoms with Crippen LogP contribution < -0.4 is 0 Å². The molecule has 3 heterocycles. The number of imidazole rings is 1. The molecule has 6 nitrogen and oxygen atoms in total. The van der Waals surface area contributed by atoms with Crippen molar-refractivity contribution in [3.05, 3.63) is 35.7 Å². The van der Waals surface area contributed by atoms with Gasteiger partial charge in [-0.15, -0.1) is 0 Å². The van der Waals surface area contributed by atoms with E-state index in [-0.39, 0.29) is 5.91 Å². The molecule has 1 atom stereocenters. The van der Waals surface area contributed by atoms with Crippen LogP contribution in [0.5, 0.6) is 0 Å². The number of aryl methyl sites for hydroxylation is 2. The molecule has 1 amide bonds. The van der Waals surface area contributed by atoms with Gasteiger partial charge in [-0.3, -0.25) is 9.48 Å². The molecule has 2 aromatic heterocycles. The molecule has 0 aromatic carbocycles. The van der Waals surface area contributed by atoms with E-state index in [1.807, 2.05) is 18.1 Å². The summed E-state index contributed by atoms with van der Waals surface area (Å²) in [5, 5.41) is 4.10. The Morgan fingerprint density at radius 2 is 2.13 bits per heavy atom. The van der Waals surface area contributed by atoms with Crippen molar-refractivity contribution in [1.29, 1.82) is 0 Å². The maximum absolute atomic E-state index is 12.7. The second-order valence-corrected chi connectivity index (χ2v) is 6.79. The summed E-state index contributed by atoms with van der Waals surface area (Å²) in [6.45, 7) is 3.69. The first-order valence-corrected chi connectivity index (χ1v) is 8.46. The Labute approximate surface area is 136 Å². The third kappa shape index (κ3) is 2.36. The predicted molar refractivity (Wildman–Crippen MR) is 86.3 cm³/mol. The van der Waals surface area contributed by atoms with E-state index in [0.29, 0.717) is 17.7 Å². The van der Waals surface area contributed by atoms with Gasteiger partial charge in [-0.1, -0.05) is 6.42 Å². The summed E-state index contributed by atoms with van der Waals surface area (Å²) < 4.78 is 4.04. The lowest BCUT2D eigenvalue weighted by Crippen LogP contribution is -2.31. The Morgan fingerprint density at radius 3 is 2.78 bits per heavy atom. The van der Waals surface area contributed by atoms with Gasteiger partial charge in [0.15, 0.2) is 0 Å². The van der Waals surface area contributed by atoms with E-state index in [1.54, 1.807) is 16.9 Å². The Hall–Kier alpha value is -2.11. The molecule has 1 unspecified atom stereocenters. The molecule has 0 bridgehead atoms. The highest BCUT2D eigenvalue weighted by Gasteiger charge is 2.33. The normalized spacial score (nSPS) is 21.7. The predicted octanol–water partition coefficient (Wildman–Crippen LogP) is 2.28. The number of rotatable bonds is 3. The minimum atomic E-state index is 0.0791. The molecular formula is C17H23N5O. The standard InChI is InChI=1S/C17H23N5O/c1-12-10-18-16(13-4-3-5-13)22(12)14-7-9-21(11-14)17(23)15-6-8-19-20(15)2/h6,8,10,13-14H,3-5,7,9,11H2,1-2H3. The number of hydrogen-bond donors (Lipinski definition) is 0. The molecule has 4 rings (SSSR count). The lowest BCUT2D eigenvalue weighted by molar-refractivity contribution is 0.0776. The number of carbonyl (C=O) groups excluding carboxylic acids is 1. The Morgan fingerprint density at radius 1 is 1.30 bits per heavy atom. The van der Waals surface area contributed by atoms with E-state index < -0.39 is 0 Å². The van der Waals surface area contributed by atoms with Crippen LogP contribution in [0.4, 0.5) is 0 Å². The third-order valence-corrected chi connectivity index (χ3v) is 5.34. The number of carbonyl (C=O) groups is 1. The van der Waals surface area contributed by atoms with Crippen LogP contribution in [-0.4, -0.2) is 43.2 Å². The third-order valence-electron chi connectivity index (χ3n) is 5.34. The first-order valence-electron chi connectivity index (χ1n) is 8.46. The van der Waals surface area contributed by atoms with Crippen molar-refractivity contribution in [3.63, 3.8) is 0 Å². The first kappa shape index (κ1) is 14.5. The lowest BCUT2D eigenvalue weighted by Gasteiger charge is -2.28. The first-order chi connectivity index (χ1) is 11.1. The molecular weight excluding hydrogens is 290 g/mol. The molecule has 1 saturated heterocycles.